The van der Waals surface area contributed by atoms with Crippen LogP contribution in [0.25, 0.3) is 0 Å². The number of hydrogen-bond acceptors (Lipinski definition) is 3. The van der Waals surface area contributed by atoms with E-state index < -0.39 is 0 Å². The Bertz CT molecular complexity index is 582. The first-order valence-electron chi connectivity index (χ1n) is 6.73. The zero-order chi connectivity index (χ0) is 14.4. The molecule has 4 heteroatoms. The molecule has 2 N–H and O–H groups in total. The minimum absolute atomic E-state index is 0.0255. The summed E-state index contributed by atoms with van der Waals surface area (Å²) in [4.78, 5) is 15.6. The molecule has 0 unspecified atom stereocenters. The summed E-state index contributed by atoms with van der Waals surface area (Å²) in [6.45, 7) is 4.55. The van der Waals surface area contributed by atoms with Gasteiger partial charge in [-0.1, -0.05) is 19.1 Å². The summed E-state index contributed by atoms with van der Waals surface area (Å²) in [5.41, 5.74) is 4.03. The largest absolute Gasteiger partial charge is 0.381 e. The fraction of sp³-hybridized carbons (Fsp3) is 0.250. The Morgan fingerprint density at radius 3 is 2.70 bits per heavy atom. The molecule has 1 aromatic carbocycles. The summed E-state index contributed by atoms with van der Waals surface area (Å²) < 4.78 is 0. The van der Waals surface area contributed by atoms with Crippen LogP contribution in [0.2, 0.25) is 0 Å². The van der Waals surface area contributed by atoms with Gasteiger partial charge in [0.2, 0.25) is 5.91 Å². The molecule has 0 radical (unpaired) electrons. The molecule has 0 aliphatic rings. The van der Waals surface area contributed by atoms with Crippen molar-refractivity contribution >= 4 is 17.3 Å². The lowest BCUT2D eigenvalue weighted by Gasteiger charge is -2.14. The van der Waals surface area contributed by atoms with Crippen molar-refractivity contribution in [2.24, 2.45) is 0 Å². The van der Waals surface area contributed by atoms with E-state index in [9.17, 15) is 4.79 Å². The average molecular weight is 269 g/mol. The lowest BCUT2D eigenvalue weighted by atomic mass is 10.1. The van der Waals surface area contributed by atoms with Gasteiger partial charge in [-0.2, -0.15) is 0 Å². The molecule has 104 valence electrons. The molecule has 0 atom stereocenters. The van der Waals surface area contributed by atoms with Crippen LogP contribution in [-0.2, 0) is 11.3 Å². The van der Waals surface area contributed by atoms with Gasteiger partial charge < -0.3 is 10.6 Å². The summed E-state index contributed by atoms with van der Waals surface area (Å²) in [7, 11) is 0. The van der Waals surface area contributed by atoms with E-state index in [1.165, 1.54) is 0 Å². The van der Waals surface area contributed by atoms with Gasteiger partial charge in [0.25, 0.3) is 0 Å². The Balaban J connectivity index is 2.08. The number of pyridine rings is 1. The zero-order valence-corrected chi connectivity index (χ0v) is 11.8. The zero-order valence-electron chi connectivity index (χ0n) is 11.8. The average Bonchev–Trinajstić information content (AvgIpc) is 2.49. The van der Waals surface area contributed by atoms with Crippen molar-refractivity contribution in [1.29, 1.82) is 0 Å². The van der Waals surface area contributed by atoms with E-state index in [0.717, 1.165) is 22.5 Å². The fourth-order valence-electron chi connectivity index (χ4n) is 1.90. The van der Waals surface area contributed by atoms with Gasteiger partial charge in [-0.3, -0.25) is 9.78 Å². The van der Waals surface area contributed by atoms with Crippen LogP contribution in [0.1, 0.15) is 24.5 Å². The van der Waals surface area contributed by atoms with Crippen LogP contribution in [0.5, 0.6) is 0 Å². The third-order valence-electron chi connectivity index (χ3n) is 3.13. The minimum Gasteiger partial charge on any atom is -0.381 e. The Labute approximate surface area is 119 Å². The predicted octanol–water partition coefficient (Wildman–Crippen LogP) is 3.35. The fourth-order valence-corrected chi connectivity index (χ4v) is 1.90. The molecule has 2 rings (SSSR count). The third kappa shape index (κ3) is 3.57. The van der Waals surface area contributed by atoms with E-state index >= 15 is 0 Å². The molecule has 0 saturated carbocycles. The summed E-state index contributed by atoms with van der Waals surface area (Å²) in [6.07, 6.45) is 4.08. The highest BCUT2D eigenvalue weighted by atomic mass is 16.1. The molecule has 1 amide bonds. The predicted molar refractivity (Wildman–Crippen MR) is 81.7 cm³/mol. The van der Waals surface area contributed by atoms with E-state index in [0.29, 0.717) is 13.0 Å². The number of amides is 1. The van der Waals surface area contributed by atoms with Gasteiger partial charge >= 0.3 is 0 Å². The second kappa shape index (κ2) is 6.70. The van der Waals surface area contributed by atoms with Crippen LogP contribution >= 0.6 is 0 Å². The smallest absolute Gasteiger partial charge is 0.224 e. The maximum absolute atomic E-state index is 11.5. The molecule has 0 fully saturated rings. The Kier molecular flexibility index (Phi) is 4.71. The highest BCUT2D eigenvalue weighted by molar-refractivity contribution is 5.92. The van der Waals surface area contributed by atoms with Crippen molar-refractivity contribution in [3.63, 3.8) is 0 Å². The quantitative estimate of drug-likeness (QED) is 0.875. The Morgan fingerprint density at radius 2 is 2.00 bits per heavy atom. The molecular formula is C16H19N3O. The van der Waals surface area contributed by atoms with E-state index in [4.69, 9.17) is 0 Å². The van der Waals surface area contributed by atoms with Crippen molar-refractivity contribution < 1.29 is 4.79 Å². The SMILES string of the molecule is CCC(=O)Nc1cccc(NCc2cccnc2)c1C. The lowest BCUT2D eigenvalue weighted by Crippen LogP contribution is -2.11. The second-order valence-electron chi connectivity index (χ2n) is 4.59. The number of carbonyl (C=O) groups is 1. The number of carbonyl (C=O) groups excluding carboxylic acids is 1. The summed E-state index contributed by atoms with van der Waals surface area (Å²) in [6, 6.07) is 9.80. The van der Waals surface area contributed by atoms with Crippen LogP contribution < -0.4 is 10.6 Å². The number of rotatable bonds is 5. The molecule has 0 spiro atoms. The molecule has 20 heavy (non-hydrogen) atoms. The van der Waals surface area contributed by atoms with Crippen LogP contribution in [0.15, 0.2) is 42.7 Å². The van der Waals surface area contributed by atoms with Gasteiger partial charge in [0.05, 0.1) is 0 Å². The van der Waals surface area contributed by atoms with E-state index in [1.54, 1.807) is 6.20 Å². The molecule has 0 aliphatic carbocycles. The highest BCUT2D eigenvalue weighted by Crippen LogP contribution is 2.23. The highest BCUT2D eigenvalue weighted by Gasteiger charge is 2.06. The van der Waals surface area contributed by atoms with Gasteiger partial charge in [-0.25, -0.2) is 0 Å². The second-order valence-corrected chi connectivity index (χ2v) is 4.59. The van der Waals surface area contributed by atoms with Gasteiger partial charge in [0.1, 0.15) is 0 Å². The number of benzene rings is 1. The topological polar surface area (TPSA) is 54.0 Å². The van der Waals surface area contributed by atoms with Crippen molar-refractivity contribution in [3.8, 4) is 0 Å². The number of hydrogen-bond donors (Lipinski definition) is 2. The van der Waals surface area contributed by atoms with E-state index in [2.05, 4.69) is 15.6 Å². The number of aromatic nitrogens is 1. The maximum atomic E-state index is 11.5. The monoisotopic (exact) mass is 269 g/mol. The normalized spacial score (nSPS) is 10.1. The first-order valence-corrected chi connectivity index (χ1v) is 6.73. The van der Waals surface area contributed by atoms with E-state index in [1.807, 2.05) is 50.4 Å². The molecule has 0 bridgehead atoms. The molecule has 2 aromatic rings. The first-order chi connectivity index (χ1) is 9.70. The maximum Gasteiger partial charge on any atom is 0.224 e. The Morgan fingerprint density at radius 1 is 1.20 bits per heavy atom. The van der Waals surface area contributed by atoms with Gasteiger partial charge in [-0.05, 0) is 36.2 Å². The number of nitrogens with zero attached hydrogens (tertiary/aromatic N) is 1. The summed E-state index contributed by atoms with van der Waals surface area (Å²) >= 11 is 0. The summed E-state index contributed by atoms with van der Waals surface area (Å²) in [5.74, 6) is 0.0255. The first kappa shape index (κ1) is 14.1. The van der Waals surface area contributed by atoms with Crippen LogP contribution in [0.4, 0.5) is 11.4 Å². The molecule has 1 heterocycles. The van der Waals surface area contributed by atoms with Crippen LogP contribution in [-0.4, -0.2) is 10.9 Å². The van der Waals surface area contributed by atoms with Crippen molar-refractivity contribution in [2.75, 3.05) is 10.6 Å². The van der Waals surface area contributed by atoms with E-state index in [-0.39, 0.29) is 5.91 Å². The minimum atomic E-state index is 0.0255. The lowest BCUT2D eigenvalue weighted by molar-refractivity contribution is -0.115. The van der Waals surface area contributed by atoms with Gasteiger partial charge in [0, 0.05) is 36.7 Å². The van der Waals surface area contributed by atoms with Gasteiger partial charge in [-0.15, -0.1) is 0 Å². The number of anilines is 2. The molecule has 1 aromatic heterocycles. The van der Waals surface area contributed by atoms with Crippen LogP contribution in [0, 0.1) is 6.92 Å². The van der Waals surface area contributed by atoms with Crippen LogP contribution in [0.3, 0.4) is 0 Å². The molecule has 4 nitrogen and oxygen atoms in total. The number of nitrogens with one attached hydrogen (secondary N) is 2. The molecule has 0 saturated heterocycles. The Hall–Kier alpha value is -2.36. The molecular weight excluding hydrogens is 250 g/mol. The third-order valence-corrected chi connectivity index (χ3v) is 3.13. The van der Waals surface area contributed by atoms with Gasteiger partial charge in [0.15, 0.2) is 0 Å². The molecule has 0 aliphatic heterocycles. The van der Waals surface area contributed by atoms with Crippen molar-refractivity contribution in [2.45, 2.75) is 26.8 Å². The summed E-state index contributed by atoms with van der Waals surface area (Å²) in [5, 5.41) is 6.28. The standard InChI is InChI=1S/C16H19N3O/c1-3-16(20)19-15-8-4-7-14(12(15)2)18-11-13-6-5-9-17-10-13/h4-10,18H,3,11H2,1-2H3,(H,19,20). The van der Waals surface area contributed by atoms with Crippen molar-refractivity contribution in [3.05, 3.63) is 53.9 Å². The van der Waals surface area contributed by atoms with Crippen molar-refractivity contribution in [1.82, 2.24) is 4.98 Å².